The Kier molecular flexibility index (Phi) is 5.92. The first kappa shape index (κ1) is 14.8. The third-order valence-electron chi connectivity index (χ3n) is 2.99. The van der Waals surface area contributed by atoms with Gasteiger partial charge in [0.2, 0.25) is 0 Å². The largest absolute Gasteiger partial charge is 0.481 e. The lowest BCUT2D eigenvalue weighted by Crippen LogP contribution is -2.31. The van der Waals surface area contributed by atoms with E-state index >= 15 is 0 Å². The molecule has 1 heterocycles. The molecule has 4 nitrogen and oxygen atoms in total. The molecule has 1 N–H and O–H groups in total. The van der Waals surface area contributed by atoms with Gasteiger partial charge in [-0.05, 0) is 38.9 Å². The highest BCUT2D eigenvalue weighted by Gasteiger charge is 2.12. The lowest BCUT2D eigenvalue weighted by atomic mass is 10.2. The van der Waals surface area contributed by atoms with E-state index in [2.05, 4.69) is 25.7 Å². The van der Waals surface area contributed by atoms with E-state index in [1.54, 1.807) is 0 Å². The van der Waals surface area contributed by atoms with E-state index in [0.29, 0.717) is 12.5 Å². The molecule has 0 bridgehead atoms. The highest BCUT2D eigenvalue weighted by atomic mass is 16.4. The number of hydrogen-bond donors (Lipinski definition) is 1. The molecule has 0 fully saturated rings. The Morgan fingerprint density at radius 2 is 2.06 bits per heavy atom. The van der Waals surface area contributed by atoms with Crippen molar-refractivity contribution in [1.29, 1.82) is 0 Å². The van der Waals surface area contributed by atoms with E-state index in [9.17, 15) is 4.79 Å². The van der Waals surface area contributed by atoms with Crippen molar-refractivity contribution in [3.05, 3.63) is 23.7 Å². The van der Waals surface area contributed by atoms with Gasteiger partial charge in [0.05, 0.1) is 6.54 Å². The Morgan fingerprint density at radius 1 is 1.39 bits per heavy atom. The summed E-state index contributed by atoms with van der Waals surface area (Å²) in [5.41, 5.74) is 0. The van der Waals surface area contributed by atoms with E-state index < -0.39 is 5.97 Å². The molecule has 0 aliphatic heterocycles. The molecule has 0 aromatic carbocycles. The van der Waals surface area contributed by atoms with Gasteiger partial charge >= 0.3 is 5.97 Å². The molecule has 1 aromatic rings. The monoisotopic (exact) mass is 253 g/mol. The molecular formula is C14H23NO3. The summed E-state index contributed by atoms with van der Waals surface area (Å²) in [5, 5.41) is 8.65. The van der Waals surface area contributed by atoms with Crippen molar-refractivity contribution in [3.63, 3.8) is 0 Å². The van der Waals surface area contributed by atoms with Crippen LogP contribution in [-0.4, -0.2) is 28.6 Å². The number of aliphatic carboxylic acids is 1. The van der Waals surface area contributed by atoms with Crippen LogP contribution >= 0.6 is 0 Å². The smallest absolute Gasteiger partial charge is 0.303 e. The fourth-order valence-corrected chi connectivity index (χ4v) is 1.85. The quantitative estimate of drug-likeness (QED) is 0.774. The fraction of sp³-hybridized carbons (Fsp3) is 0.643. The van der Waals surface area contributed by atoms with Crippen molar-refractivity contribution in [2.45, 2.75) is 52.6 Å². The molecule has 4 heteroatoms. The maximum Gasteiger partial charge on any atom is 0.303 e. The summed E-state index contributed by atoms with van der Waals surface area (Å²) in [6.07, 6.45) is 1.80. The van der Waals surface area contributed by atoms with Crippen LogP contribution in [0.2, 0.25) is 0 Å². The van der Waals surface area contributed by atoms with Gasteiger partial charge in [0.25, 0.3) is 0 Å². The second-order valence-corrected chi connectivity index (χ2v) is 4.78. The molecule has 0 saturated carbocycles. The number of furan rings is 1. The van der Waals surface area contributed by atoms with Crippen molar-refractivity contribution in [3.8, 4) is 0 Å². The topological polar surface area (TPSA) is 53.7 Å². The maximum absolute atomic E-state index is 10.5. The number of carbonyl (C=O) groups is 1. The second-order valence-electron chi connectivity index (χ2n) is 4.78. The molecule has 1 rings (SSSR count). The van der Waals surface area contributed by atoms with Crippen LogP contribution in [0.15, 0.2) is 16.5 Å². The van der Waals surface area contributed by atoms with Crippen LogP contribution in [0.25, 0.3) is 0 Å². The molecule has 0 atom stereocenters. The van der Waals surface area contributed by atoms with Crippen molar-refractivity contribution in [2.75, 3.05) is 6.54 Å². The lowest BCUT2D eigenvalue weighted by molar-refractivity contribution is -0.137. The number of carboxylic acid groups (broad SMARTS) is 1. The normalized spacial score (nSPS) is 11.4. The number of hydrogen-bond acceptors (Lipinski definition) is 3. The van der Waals surface area contributed by atoms with Gasteiger partial charge in [-0.2, -0.15) is 0 Å². The molecule has 1 aromatic heterocycles. The molecular weight excluding hydrogens is 230 g/mol. The Morgan fingerprint density at radius 3 is 2.56 bits per heavy atom. The van der Waals surface area contributed by atoms with Crippen molar-refractivity contribution in [1.82, 2.24) is 4.90 Å². The number of rotatable bonds is 8. The van der Waals surface area contributed by atoms with Crippen LogP contribution in [0.1, 0.15) is 45.1 Å². The summed E-state index contributed by atoms with van der Waals surface area (Å²) in [4.78, 5) is 12.8. The van der Waals surface area contributed by atoms with Crippen molar-refractivity contribution in [2.24, 2.45) is 0 Å². The lowest BCUT2D eigenvalue weighted by Gasteiger charge is -2.25. The van der Waals surface area contributed by atoms with Gasteiger partial charge in [-0.3, -0.25) is 9.69 Å². The van der Waals surface area contributed by atoms with Crippen LogP contribution in [0.4, 0.5) is 0 Å². The molecule has 0 unspecified atom stereocenters. The molecule has 0 radical (unpaired) electrons. The van der Waals surface area contributed by atoms with Crippen LogP contribution in [0, 0.1) is 0 Å². The number of carboxylic acids is 1. The zero-order chi connectivity index (χ0) is 13.5. The standard InChI is InChI=1S/C14H23NO3/c1-4-12-7-8-13(18-12)10-15(11(2)3)9-5-6-14(16)17/h7-8,11H,4-6,9-10H2,1-3H3,(H,16,17). The summed E-state index contributed by atoms with van der Waals surface area (Å²) in [7, 11) is 0. The average Bonchev–Trinajstić information content (AvgIpc) is 2.74. The molecule has 0 amide bonds. The third kappa shape index (κ3) is 4.92. The fourth-order valence-electron chi connectivity index (χ4n) is 1.85. The third-order valence-corrected chi connectivity index (χ3v) is 2.99. The predicted molar refractivity (Wildman–Crippen MR) is 70.5 cm³/mol. The molecule has 0 aliphatic rings. The summed E-state index contributed by atoms with van der Waals surface area (Å²) in [5.74, 6) is 1.22. The first-order valence-corrected chi connectivity index (χ1v) is 6.56. The molecule has 0 aliphatic carbocycles. The van der Waals surface area contributed by atoms with E-state index in [1.165, 1.54) is 0 Å². The van der Waals surface area contributed by atoms with Crippen molar-refractivity contribution >= 4 is 5.97 Å². The van der Waals surface area contributed by atoms with Gasteiger partial charge in [-0.1, -0.05) is 6.92 Å². The molecule has 0 spiro atoms. The summed E-state index contributed by atoms with van der Waals surface area (Å²) in [6, 6.07) is 4.39. The minimum absolute atomic E-state index is 0.224. The van der Waals surface area contributed by atoms with Gasteiger partial charge < -0.3 is 9.52 Å². The molecule has 0 saturated heterocycles. The van der Waals surface area contributed by atoms with E-state index in [0.717, 1.165) is 31.0 Å². The van der Waals surface area contributed by atoms with Crippen LogP contribution in [0.5, 0.6) is 0 Å². The number of nitrogens with zero attached hydrogens (tertiary/aromatic N) is 1. The minimum atomic E-state index is -0.732. The van der Waals surface area contributed by atoms with Gasteiger partial charge in [-0.25, -0.2) is 0 Å². The highest BCUT2D eigenvalue weighted by molar-refractivity contribution is 5.66. The summed E-state index contributed by atoms with van der Waals surface area (Å²) >= 11 is 0. The summed E-state index contributed by atoms with van der Waals surface area (Å²) in [6.45, 7) is 7.83. The first-order valence-electron chi connectivity index (χ1n) is 6.56. The van der Waals surface area contributed by atoms with E-state index in [1.807, 2.05) is 12.1 Å². The molecule has 102 valence electrons. The van der Waals surface area contributed by atoms with Crippen LogP contribution in [0.3, 0.4) is 0 Å². The van der Waals surface area contributed by atoms with E-state index in [4.69, 9.17) is 9.52 Å². The van der Waals surface area contributed by atoms with E-state index in [-0.39, 0.29) is 6.42 Å². The van der Waals surface area contributed by atoms with Crippen LogP contribution in [-0.2, 0) is 17.8 Å². The average molecular weight is 253 g/mol. The Hall–Kier alpha value is -1.29. The zero-order valence-electron chi connectivity index (χ0n) is 11.5. The number of aryl methyl sites for hydroxylation is 1. The zero-order valence-corrected chi connectivity index (χ0v) is 11.5. The predicted octanol–water partition coefficient (Wildman–Crippen LogP) is 2.92. The van der Waals surface area contributed by atoms with Gasteiger partial charge in [-0.15, -0.1) is 0 Å². The summed E-state index contributed by atoms with van der Waals surface area (Å²) < 4.78 is 5.68. The maximum atomic E-state index is 10.5. The van der Waals surface area contributed by atoms with Crippen LogP contribution < -0.4 is 0 Å². The first-order chi connectivity index (χ1) is 8.52. The Balaban J connectivity index is 2.49. The highest BCUT2D eigenvalue weighted by Crippen LogP contribution is 2.13. The van der Waals surface area contributed by atoms with Crippen molar-refractivity contribution < 1.29 is 14.3 Å². The second kappa shape index (κ2) is 7.21. The van der Waals surface area contributed by atoms with Gasteiger partial charge in [0.15, 0.2) is 0 Å². The Labute approximate surface area is 109 Å². The minimum Gasteiger partial charge on any atom is -0.481 e. The molecule has 18 heavy (non-hydrogen) atoms. The SMILES string of the molecule is CCc1ccc(CN(CCCC(=O)O)C(C)C)o1. The van der Waals surface area contributed by atoms with Gasteiger partial charge in [0.1, 0.15) is 11.5 Å². The van der Waals surface area contributed by atoms with Gasteiger partial charge in [0, 0.05) is 18.9 Å². The Bertz CT molecular complexity index is 371.